The summed E-state index contributed by atoms with van der Waals surface area (Å²) in [4.78, 5) is 13.7. The predicted octanol–water partition coefficient (Wildman–Crippen LogP) is 2.87. The summed E-state index contributed by atoms with van der Waals surface area (Å²) in [5.41, 5.74) is 3.65. The van der Waals surface area contributed by atoms with Crippen LogP contribution in [0, 0.1) is 5.82 Å². The van der Waals surface area contributed by atoms with Crippen LogP contribution in [0.4, 0.5) is 4.39 Å². The van der Waals surface area contributed by atoms with Crippen molar-refractivity contribution in [2.75, 3.05) is 26.2 Å². The van der Waals surface area contributed by atoms with Crippen LogP contribution in [0.3, 0.4) is 0 Å². The molecule has 0 spiro atoms. The Morgan fingerprint density at radius 2 is 2.17 bits per heavy atom. The molecule has 0 fully saturated rings. The van der Waals surface area contributed by atoms with Crippen LogP contribution in [0.25, 0.3) is 16.8 Å². The molecule has 24 heavy (non-hydrogen) atoms. The fraction of sp³-hybridized carbons (Fsp3) is 0.333. The maximum absolute atomic E-state index is 13.0. The van der Waals surface area contributed by atoms with Gasteiger partial charge < -0.3 is 4.74 Å². The average molecular weight is 329 g/mol. The molecule has 3 rings (SSSR count). The van der Waals surface area contributed by atoms with Crippen LogP contribution >= 0.6 is 0 Å². The normalized spacial score (nSPS) is 15.2. The molecule has 1 aromatic heterocycles. The molecule has 5 nitrogen and oxygen atoms in total. The molecule has 0 aliphatic carbocycles. The molecule has 0 bridgehead atoms. The Bertz CT molecular complexity index is 737. The van der Waals surface area contributed by atoms with Gasteiger partial charge in [0.25, 0.3) is 0 Å². The summed E-state index contributed by atoms with van der Waals surface area (Å²) in [6.45, 7) is 4.01. The number of ether oxygens (including phenoxy) is 1. The molecule has 1 N–H and O–H groups in total. The number of carbonyl (C=O) groups excluding carboxylic acids is 1. The Morgan fingerprint density at radius 1 is 1.38 bits per heavy atom. The predicted molar refractivity (Wildman–Crippen MR) is 89.6 cm³/mol. The number of nitrogens with zero attached hydrogens (tertiary/aromatic N) is 2. The van der Waals surface area contributed by atoms with Crippen molar-refractivity contribution in [3.8, 4) is 11.3 Å². The lowest BCUT2D eigenvalue weighted by molar-refractivity contribution is -0.144. The van der Waals surface area contributed by atoms with E-state index in [2.05, 4.69) is 21.2 Å². The number of carbonyl (C=O) groups is 1. The van der Waals surface area contributed by atoms with E-state index in [9.17, 15) is 9.18 Å². The van der Waals surface area contributed by atoms with Crippen molar-refractivity contribution in [2.24, 2.45) is 0 Å². The second-order valence-corrected chi connectivity index (χ2v) is 5.71. The minimum absolute atomic E-state index is 0.199. The van der Waals surface area contributed by atoms with Crippen molar-refractivity contribution in [2.45, 2.75) is 13.3 Å². The van der Waals surface area contributed by atoms with Gasteiger partial charge in [-0.2, -0.15) is 5.10 Å². The highest BCUT2D eigenvalue weighted by molar-refractivity contribution is 5.73. The first-order chi connectivity index (χ1) is 11.7. The van der Waals surface area contributed by atoms with Crippen LogP contribution < -0.4 is 0 Å². The Labute approximate surface area is 140 Å². The standard InChI is InChI=1S/C18H20FN3O2/c1-2-24-18(23)12-22-9-3-4-14(11-22)17-10-16(20-21-17)13-5-7-15(19)8-6-13/h4-8,10H,2-3,9,11-12H2,1H3,(H,20,21). The van der Waals surface area contributed by atoms with Gasteiger partial charge in [-0.1, -0.05) is 6.08 Å². The van der Waals surface area contributed by atoms with E-state index in [0.717, 1.165) is 35.5 Å². The molecular weight excluding hydrogens is 309 g/mol. The molecule has 0 unspecified atom stereocenters. The molecule has 0 amide bonds. The van der Waals surface area contributed by atoms with Crippen LogP contribution in [0.2, 0.25) is 0 Å². The first-order valence-corrected chi connectivity index (χ1v) is 8.04. The average Bonchev–Trinajstić information content (AvgIpc) is 3.06. The molecule has 1 aliphatic rings. The number of esters is 1. The zero-order chi connectivity index (χ0) is 16.9. The molecular formula is C18H20FN3O2. The van der Waals surface area contributed by atoms with Gasteiger partial charge >= 0.3 is 5.97 Å². The summed E-state index contributed by atoms with van der Waals surface area (Å²) in [6.07, 6.45) is 3.03. The van der Waals surface area contributed by atoms with Gasteiger partial charge in [-0.05, 0) is 49.2 Å². The van der Waals surface area contributed by atoms with Gasteiger partial charge in [-0.15, -0.1) is 0 Å². The van der Waals surface area contributed by atoms with Crippen molar-refractivity contribution in [1.29, 1.82) is 0 Å². The van der Waals surface area contributed by atoms with E-state index in [1.807, 2.05) is 6.07 Å². The quantitative estimate of drug-likeness (QED) is 0.857. The number of hydrogen-bond acceptors (Lipinski definition) is 4. The number of aromatic amines is 1. The number of H-pyrrole nitrogens is 1. The Kier molecular flexibility index (Phi) is 5.05. The van der Waals surface area contributed by atoms with Gasteiger partial charge in [0, 0.05) is 18.7 Å². The second kappa shape index (κ2) is 7.40. The van der Waals surface area contributed by atoms with Crippen LogP contribution in [0.5, 0.6) is 0 Å². The molecule has 0 atom stereocenters. The second-order valence-electron chi connectivity index (χ2n) is 5.71. The van der Waals surface area contributed by atoms with Gasteiger partial charge in [0.15, 0.2) is 0 Å². The van der Waals surface area contributed by atoms with Crippen LogP contribution in [0.15, 0.2) is 36.4 Å². The molecule has 6 heteroatoms. The maximum Gasteiger partial charge on any atom is 0.320 e. The number of benzene rings is 1. The number of halogens is 1. The summed E-state index contributed by atoms with van der Waals surface area (Å²) in [6, 6.07) is 8.21. The van der Waals surface area contributed by atoms with E-state index in [-0.39, 0.29) is 11.8 Å². The third-order valence-corrected chi connectivity index (χ3v) is 3.95. The molecule has 0 saturated heterocycles. The van der Waals surface area contributed by atoms with Gasteiger partial charge in [-0.3, -0.25) is 14.8 Å². The lowest BCUT2D eigenvalue weighted by atomic mass is 10.1. The summed E-state index contributed by atoms with van der Waals surface area (Å²) in [5.74, 6) is -0.463. The number of hydrogen-bond donors (Lipinski definition) is 1. The summed E-state index contributed by atoms with van der Waals surface area (Å²) < 4.78 is 18.0. The minimum atomic E-state index is -0.265. The third-order valence-electron chi connectivity index (χ3n) is 3.95. The van der Waals surface area contributed by atoms with Crippen LogP contribution in [0.1, 0.15) is 19.0 Å². The molecule has 2 heterocycles. The SMILES string of the molecule is CCOC(=O)CN1CCC=C(c2cc(-c3ccc(F)cc3)n[nH]2)C1. The number of nitrogens with one attached hydrogen (secondary N) is 1. The molecule has 0 saturated carbocycles. The van der Waals surface area contributed by atoms with Gasteiger partial charge in [0.05, 0.1) is 24.5 Å². The van der Waals surface area contributed by atoms with Gasteiger partial charge in [0.2, 0.25) is 0 Å². The van der Waals surface area contributed by atoms with Crippen molar-refractivity contribution >= 4 is 11.5 Å². The third kappa shape index (κ3) is 3.89. The van der Waals surface area contributed by atoms with E-state index in [4.69, 9.17) is 4.74 Å². The molecule has 1 aromatic carbocycles. The largest absolute Gasteiger partial charge is 0.465 e. The van der Waals surface area contributed by atoms with Gasteiger partial charge in [-0.25, -0.2) is 4.39 Å². The highest BCUT2D eigenvalue weighted by Crippen LogP contribution is 2.24. The number of aromatic nitrogens is 2. The van der Waals surface area contributed by atoms with Crippen molar-refractivity contribution in [3.63, 3.8) is 0 Å². The fourth-order valence-corrected chi connectivity index (χ4v) is 2.78. The van der Waals surface area contributed by atoms with E-state index >= 15 is 0 Å². The van der Waals surface area contributed by atoms with Gasteiger partial charge in [0.1, 0.15) is 5.82 Å². The minimum Gasteiger partial charge on any atom is -0.465 e. The fourth-order valence-electron chi connectivity index (χ4n) is 2.78. The monoisotopic (exact) mass is 329 g/mol. The first-order valence-electron chi connectivity index (χ1n) is 8.04. The van der Waals surface area contributed by atoms with E-state index in [1.54, 1.807) is 19.1 Å². The highest BCUT2D eigenvalue weighted by Gasteiger charge is 2.18. The number of rotatable bonds is 5. The van der Waals surface area contributed by atoms with Crippen LogP contribution in [-0.4, -0.2) is 47.3 Å². The smallest absolute Gasteiger partial charge is 0.320 e. The Hall–Kier alpha value is -2.47. The summed E-state index contributed by atoms with van der Waals surface area (Å²) in [5, 5.41) is 7.34. The van der Waals surface area contributed by atoms with E-state index < -0.39 is 0 Å². The molecule has 0 radical (unpaired) electrons. The zero-order valence-corrected chi connectivity index (χ0v) is 13.6. The highest BCUT2D eigenvalue weighted by atomic mass is 19.1. The Morgan fingerprint density at radius 3 is 2.92 bits per heavy atom. The van der Waals surface area contributed by atoms with Crippen molar-refractivity contribution in [1.82, 2.24) is 15.1 Å². The van der Waals surface area contributed by atoms with Crippen LogP contribution in [-0.2, 0) is 9.53 Å². The van der Waals surface area contributed by atoms with Crippen molar-refractivity contribution in [3.05, 3.63) is 47.9 Å². The first kappa shape index (κ1) is 16.4. The van der Waals surface area contributed by atoms with E-state index in [1.165, 1.54) is 12.1 Å². The zero-order valence-electron chi connectivity index (χ0n) is 13.6. The lowest BCUT2D eigenvalue weighted by Gasteiger charge is -2.25. The van der Waals surface area contributed by atoms with Crippen molar-refractivity contribution < 1.29 is 13.9 Å². The molecule has 1 aliphatic heterocycles. The van der Waals surface area contributed by atoms with E-state index in [0.29, 0.717) is 19.7 Å². The molecule has 2 aromatic rings. The topological polar surface area (TPSA) is 58.2 Å². The maximum atomic E-state index is 13.0. The Balaban J connectivity index is 1.69. The summed E-state index contributed by atoms with van der Waals surface area (Å²) in [7, 11) is 0. The lowest BCUT2D eigenvalue weighted by Crippen LogP contribution is -2.35. The molecule has 126 valence electrons. The summed E-state index contributed by atoms with van der Waals surface area (Å²) >= 11 is 0.